The quantitative estimate of drug-likeness (QED) is 0.786. The molecule has 0 fully saturated rings. The van der Waals surface area contributed by atoms with E-state index < -0.39 is 0 Å². The fourth-order valence-corrected chi connectivity index (χ4v) is 2.07. The first kappa shape index (κ1) is 11.1. The minimum atomic E-state index is 0.737. The van der Waals surface area contributed by atoms with Gasteiger partial charge in [-0.3, -0.25) is 4.98 Å². The topological polar surface area (TPSA) is 50.7 Å². The Balaban J connectivity index is 2.08. The second-order valence-corrected chi connectivity index (χ2v) is 4.60. The van der Waals surface area contributed by atoms with Gasteiger partial charge >= 0.3 is 0 Å². The van der Waals surface area contributed by atoms with Crippen LogP contribution in [0.5, 0.6) is 0 Å². The SMILES string of the molecule is Brc1cncnc1Nc1cccc2ccncc12. The van der Waals surface area contributed by atoms with E-state index in [2.05, 4.69) is 42.3 Å². The van der Waals surface area contributed by atoms with Gasteiger partial charge in [0.25, 0.3) is 0 Å². The molecular formula is C13H9BrN4. The molecule has 0 bridgehead atoms. The van der Waals surface area contributed by atoms with Gasteiger partial charge < -0.3 is 5.32 Å². The van der Waals surface area contributed by atoms with Crippen LogP contribution in [-0.2, 0) is 0 Å². The number of pyridine rings is 1. The van der Waals surface area contributed by atoms with Crippen molar-refractivity contribution in [3.05, 3.63) is 53.7 Å². The summed E-state index contributed by atoms with van der Waals surface area (Å²) in [5.74, 6) is 0.737. The molecule has 0 saturated heterocycles. The third-order valence-corrected chi connectivity index (χ3v) is 3.18. The summed E-state index contributed by atoms with van der Waals surface area (Å²) in [7, 11) is 0. The molecule has 3 aromatic rings. The fourth-order valence-electron chi connectivity index (χ4n) is 1.75. The molecule has 3 rings (SSSR count). The summed E-state index contributed by atoms with van der Waals surface area (Å²) in [6.45, 7) is 0. The molecule has 0 unspecified atom stereocenters. The van der Waals surface area contributed by atoms with Gasteiger partial charge in [-0.2, -0.15) is 0 Å². The number of aromatic nitrogens is 3. The number of halogens is 1. The standard InChI is InChI=1S/C13H9BrN4/c14-11-7-16-8-17-13(11)18-12-3-1-2-9-4-5-15-6-10(9)12/h1-8H,(H,16,17,18). The molecule has 1 N–H and O–H groups in total. The molecule has 1 aromatic carbocycles. The molecule has 0 saturated carbocycles. The Bertz CT molecular complexity index is 694. The Morgan fingerprint density at radius 2 is 2.00 bits per heavy atom. The maximum absolute atomic E-state index is 4.19. The Hall–Kier alpha value is -2.01. The summed E-state index contributed by atoms with van der Waals surface area (Å²) in [4.78, 5) is 12.3. The molecule has 4 nitrogen and oxygen atoms in total. The lowest BCUT2D eigenvalue weighted by Gasteiger charge is -2.09. The molecule has 88 valence electrons. The van der Waals surface area contributed by atoms with E-state index in [0.29, 0.717) is 0 Å². The van der Waals surface area contributed by atoms with Crippen molar-refractivity contribution < 1.29 is 0 Å². The van der Waals surface area contributed by atoms with Crippen LogP contribution in [-0.4, -0.2) is 15.0 Å². The summed E-state index contributed by atoms with van der Waals surface area (Å²) in [6, 6.07) is 8.03. The second-order valence-electron chi connectivity index (χ2n) is 3.75. The highest BCUT2D eigenvalue weighted by Crippen LogP contribution is 2.27. The van der Waals surface area contributed by atoms with E-state index in [9.17, 15) is 0 Å². The average Bonchev–Trinajstić information content (AvgIpc) is 2.42. The van der Waals surface area contributed by atoms with Gasteiger partial charge in [-0.1, -0.05) is 12.1 Å². The zero-order valence-corrected chi connectivity index (χ0v) is 10.9. The fraction of sp³-hybridized carbons (Fsp3) is 0. The lowest BCUT2D eigenvalue weighted by Crippen LogP contribution is -1.96. The third kappa shape index (κ3) is 2.04. The van der Waals surface area contributed by atoms with Crippen molar-refractivity contribution in [2.75, 3.05) is 5.32 Å². The van der Waals surface area contributed by atoms with E-state index in [1.165, 1.54) is 6.33 Å². The molecule has 5 heteroatoms. The van der Waals surface area contributed by atoms with Crippen molar-refractivity contribution in [1.82, 2.24) is 15.0 Å². The van der Waals surface area contributed by atoms with Gasteiger partial charge in [0.15, 0.2) is 0 Å². The average molecular weight is 301 g/mol. The Kier molecular flexibility index (Phi) is 2.90. The predicted molar refractivity (Wildman–Crippen MR) is 74.8 cm³/mol. The van der Waals surface area contributed by atoms with Gasteiger partial charge in [0, 0.05) is 29.7 Å². The molecule has 0 atom stereocenters. The van der Waals surface area contributed by atoms with E-state index >= 15 is 0 Å². The molecule has 0 aliphatic rings. The monoisotopic (exact) mass is 300 g/mol. The molecule has 0 spiro atoms. The lowest BCUT2D eigenvalue weighted by atomic mass is 10.1. The van der Waals surface area contributed by atoms with E-state index in [4.69, 9.17) is 0 Å². The maximum Gasteiger partial charge on any atom is 0.148 e. The van der Waals surface area contributed by atoms with Crippen LogP contribution in [0.25, 0.3) is 10.8 Å². The lowest BCUT2D eigenvalue weighted by molar-refractivity contribution is 1.15. The first-order valence-electron chi connectivity index (χ1n) is 5.40. The molecule has 0 aliphatic carbocycles. The third-order valence-electron chi connectivity index (χ3n) is 2.60. The number of hydrogen-bond donors (Lipinski definition) is 1. The minimum absolute atomic E-state index is 0.737. The van der Waals surface area contributed by atoms with Crippen molar-refractivity contribution in [3.63, 3.8) is 0 Å². The summed E-state index contributed by atoms with van der Waals surface area (Å²) in [6.07, 6.45) is 6.84. The van der Waals surface area contributed by atoms with Gasteiger partial charge in [0.1, 0.15) is 12.1 Å². The van der Waals surface area contributed by atoms with Crippen molar-refractivity contribution in [2.24, 2.45) is 0 Å². The Labute approximate surface area is 112 Å². The zero-order chi connectivity index (χ0) is 12.4. The van der Waals surface area contributed by atoms with Gasteiger partial charge in [-0.05, 0) is 33.4 Å². The molecule has 0 radical (unpaired) electrons. The first-order chi connectivity index (χ1) is 8.84. The molecular weight excluding hydrogens is 292 g/mol. The Morgan fingerprint density at radius 1 is 1.06 bits per heavy atom. The molecule has 2 heterocycles. The van der Waals surface area contributed by atoms with Crippen LogP contribution >= 0.6 is 15.9 Å². The van der Waals surface area contributed by atoms with Crippen LogP contribution < -0.4 is 5.32 Å². The smallest absolute Gasteiger partial charge is 0.148 e. The van der Waals surface area contributed by atoms with Crippen LogP contribution in [0.2, 0.25) is 0 Å². The highest BCUT2D eigenvalue weighted by molar-refractivity contribution is 9.10. The highest BCUT2D eigenvalue weighted by Gasteiger charge is 2.04. The van der Waals surface area contributed by atoms with E-state index in [1.807, 2.05) is 24.4 Å². The van der Waals surface area contributed by atoms with Crippen molar-refractivity contribution >= 4 is 38.2 Å². The van der Waals surface area contributed by atoms with E-state index in [1.54, 1.807) is 12.4 Å². The number of anilines is 2. The highest BCUT2D eigenvalue weighted by atomic mass is 79.9. The van der Waals surface area contributed by atoms with Crippen molar-refractivity contribution in [3.8, 4) is 0 Å². The van der Waals surface area contributed by atoms with Crippen LogP contribution in [0.1, 0.15) is 0 Å². The summed E-state index contributed by atoms with van der Waals surface area (Å²) < 4.78 is 0.825. The molecule has 18 heavy (non-hydrogen) atoms. The number of fused-ring (bicyclic) bond motifs is 1. The van der Waals surface area contributed by atoms with Crippen LogP contribution in [0.15, 0.2) is 53.7 Å². The predicted octanol–water partition coefficient (Wildman–Crippen LogP) is 3.53. The number of hydrogen-bond acceptors (Lipinski definition) is 4. The second kappa shape index (κ2) is 4.70. The number of benzene rings is 1. The van der Waals surface area contributed by atoms with E-state index in [0.717, 1.165) is 26.8 Å². The molecule has 2 aromatic heterocycles. The Morgan fingerprint density at radius 3 is 2.89 bits per heavy atom. The van der Waals surface area contributed by atoms with Crippen molar-refractivity contribution in [1.29, 1.82) is 0 Å². The zero-order valence-electron chi connectivity index (χ0n) is 9.34. The number of nitrogens with zero attached hydrogens (tertiary/aromatic N) is 3. The maximum atomic E-state index is 4.19. The number of rotatable bonds is 2. The van der Waals surface area contributed by atoms with Gasteiger partial charge in [0.2, 0.25) is 0 Å². The van der Waals surface area contributed by atoms with E-state index in [-0.39, 0.29) is 0 Å². The molecule has 0 aliphatic heterocycles. The van der Waals surface area contributed by atoms with Crippen molar-refractivity contribution in [2.45, 2.75) is 0 Å². The largest absolute Gasteiger partial charge is 0.339 e. The normalized spacial score (nSPS) is 10.5. The first-order valence-corrected chi connectivity index (χ1v) is 6.19. The summed E-state index contributed by atoms with van der Waals surface area (Å²) in [5, 5.41) is 5.48. The van der Waals surface area contributed by atoms with Crippen LogP contribution in [0, 0.1) is 0 Å². The summed E-state index contributed by atoms with van der Waals surface area (Å²) in [5.41, 5.74) is 0.972. The van der Waals surface area contributed by atoms with Gasteiger partial charge in [-0.25, -0.2) is 9.97 Å². The van der Waals surface area contributed by atoms with Gasteiger partial charge in [0.05, 0.1) is 4.47 Å². The number of nitrogens with one attached hydrogen (secondary N) is 1. The van der Waals surface area contributed by atoms with Crippen LogP contribution in [0.4, 0.5) is 11.5 Å². The van der Waals surface area contributed by atoms with Crippen LogP contribution in [0.3, 0.4) is 0 Å². The van der Waals surface area contributed by atoms with Gasteiger partial charge in [-0.15, -0.1) is 0 Å². The molecule has 0 amide bonds. The minimum Gasteiger partial charge on any atom is -0.339 e. The summed E-state index contributed by atoms with van der Waals surface area (Å²) >= 11 is 3.41.